The number of hydrogen-bond donors (Lipinski definition) is 1. The Bertz CT molecular complexity index is 1360. The molecule has 0 aliphatic carbocycles. The first kappa shape index (κ1) is 29.3. The number of rotatable bonds is 12. The van der Waals surface area contributed by atoms with Gasteiger partial charge >= 0.3 is 5.97 Å². The molecule has 1 unspecified atom stereocenters. The van der Waals surface area contributed by atoms with E-state index in [0.717, 1.165) is 34.9 Å². The van der Waals surface area contributed by atoms with Crippen LogP contribution in [-0.4, -0.2) is 41.1 Å². The van der Waals surface area contributed by atoms with Crippen molar-refractivity contribution in [2.75, 3.05) is 25.6 Å². The minimum atomic E-state index is -0.594. The zero-order valence-corrected chi connectivity index (χ0v) is 25.6. The molecule has 2 heterocycles. The quantitative estimate of drug-likeness (QED) is 0.125. The fourth-order valence-corrected chi connectivity index (χ4v) is 5.84. The Morgan fingerprint density at radius 2 is 2.00 bits per heavy atom. The summed E-state index contributed by atoms with van der Waals surface area (Å²) in [6.07, 6.45) is 2.57. The van der Waals surface area contributed by atoms with Crippen LogP contribution in [0.15, 0.2) is 57.3 Å². The van der Waals surface area contributed by atoms with Gasteiger partial charge in [-0.05, 0) is 65.0 Å². The number of esters is 1. The highest BCUT2D eigenvalue weighted by Crippen LogP contribution is 2.43. The van der Waals surface area contributed by atoms with Crippen LogP contribution >= 0.6 is 39.3 Å². The monoisotopic (exact) mass is 634 g/mol. The molecule has 1 aliphatic rings. The third-order valence-corrected chi connectivity index (χ3v) is 7.96. The van der Waals surface area contributed by atoms with E-state index in [4.69, 9.17) is 35.9 Å². The Hall–Kier alpha value is -2.69. The van der Waals surface area contributed by atoms with E-state index < -0.39 is 12.0 Å². The van der Waals surface area contributed by atoms with Crippen molar-refractivity contribution in [1.29, 1.82) is 0 Å². The summed E-state index contributed by atoms with van der Waals surface area (Å²) in [6, 6.07) is 10.9. The molecule has 2 aromatic carbocycles. The number of carbonyl (C=O) groups is 1. The van der Waals surface area contributed by atoms with E-state index in [-0.39, 0.29) is 0 Å². The number of methoxy groups -OCH3 is 1. The summed E-state index contributed by atoms with van der Waals surface area (Å²) < 4.78 is 19.7. The van der Waals surface area contributed by atoms with Gasteiger partial charge in [-0.1, -0.05) is 61.8 Å². The summed E-state index contributed by atoms with van der Waals surface area (Å²) in [6.45, 7) is 6.84. The van der Waals surface area contributed by atoms with E-state index in [0.29, 0.717) is 57.9 Å². The summed E-state index contributed by atoms with van der Waals surface area (Å²) in [5.41, 5.74) is 2.89. The number of nitrogens with zero attached hydrogens (tertiary/aromatic N) is 3. The highest BCUT2D eigenvalue weighted by molar-refractivity contribution is 9.10. The van der Waals surface area contributed by atoms with Crippen LogP contribution in [0.5, 0.6) is 11.5 Å². The summed E-state index contributed by atoms with van der Waals surface area (Å²) >= 11 is 11.5. The summed E-state index contributed by atoms with van der Waals surface area (Å²) in [5, 5.41) is 9.32. The molecule has 0 bridgehead atoms. The molecule has 3 aromatic rings. The molecule has 39 heavy (non-hydrogen) atoms. The number of thioether (sulfide) groups is 1. The minimum absolute atomic E-state index is 0.346. The van der Waals surface area contributed by atoms with Gasteiger partial charge in [0.15, 0.2) is 11.5 Å². The number of nitrogens with one attached hydrogen (secondary N) is 1. The lowest BCUT2D eigenvalue weighted by atomic mass is 9.95. The molecular formula is C28H32BrClN4O4S. The molecule has 11 heteroatoms. The Kier molecular flexibility index (Phi) is 10.2. The smallest absolute Gasteiger partial charge is 0.338 e. The highest BCUT2D eigenvalue weighted by atomic mass is 79.9. The molecule has 8 nitrogen and oxygen atoms in total. The maximum absolute atomic E-state index is 13.4. The molecule has 0 amide bonds. The standard InChI is InChI=1S/C28H32BrClN4O4S/c1-5-7-13-38-26(35)23-17(3)31-27-32-28(39-16-18-10-8-9-11-21(18)30)33-34(27)24(23)19-14-20(29)25(37-12-6-2)22(15-19)36-4/h8-11,14-15,24H,5-7,12-13,16H2,1-4H3,(H,31,32,33). The Balaban J connectivity index is 1.74. The van der Waals surface area contributed by atoms with E-state index in [1.165, 1.54) is 11.8 Å². The Labute approximate surface area is 246 Å². The number of anilines is 1. The van der Waals surface area contributed by atoms with Crippen molar-refractivity contribution in [3.8, 4) is 11.5 Å². The molecule has 1 N–H and O–H groups in total. The number of allylic oxidation sites excluding steroid dienone is 1. The number of benzene rings is 2. The van der Waals surface area contributed by atoms with Crippen molar-refractivity contribution in [1.82, 2.24) is 14.8 Å². The van der Waals surface area contributed by atoms with Gasteiger partial charge in [0.1, 0.15) is 6.04 Å². The summed E-state index contributed by atoms with van der Waals surface area (Å²) in [5.74, 6) is 1.91. The molecule has 0 fully saturated rings. The molecule has 0 saturated heterocycles. The third kappa shape index (κ3) is 6.73. The topological polar surface area (TPSA) is 87.5 Å². The molecule has 0 spiro atoms. The molecule has 1 atom stereocenters. The van der Waals surface area contributed by atoms with Crippen molar-refractivity contribution < 1.29 is 19.0 Å². The number of fused-ring (bicyclic) bond motifs is 1. The molecule has 0 saturated carbocycles. The summed E-state index contributed by atoms with van der Waals surface area (Å²) in [4.78, 5) is 18.1. The van der Waals surface area contributed by atoms with E-state index in [2.05, 4.69) is 28.2 Å². The van der Waals surface area contributed by atoms with Gasteiger partial charge in [-0.2, -0.15) is 4.98 Å². The predicted molar refractivity (Wildman–Crippen MR) is 158 cm³/mol. The van der Waals surface area contributed by atoms with Crippen LogP contribution in [0.3, 0.4) is 0 Å². The van der Waals surface area contributed by atoms with Crippen molar-refractivity contribution in [2.24, 2.45) is 0 Å². The maximum atomic E-state index is 13.4. The van der Waals surface area contributed by atoms with Gasteiger partial charge in [0.25, 0.3) is 0 Å². The molecule has 208 valence electrons. The molecule has 1 aromatic heterocycles. The Morgan fingerprint density at radius 3 is 2.72 bits per heavy atom. The number of halogens is 2. The van der Waals surface area contributed by atoms with Crippen molar-refractivity contribution in [2.45, 2.75) is 57.0 Å². The van der Waals surface area contributed by atoms with Crippen LogP contribution in [0.1, 0.15) is 57.2 Å². The molecule has 4 rings (SSSR count). The zero-order chi connectivity index (χ0) is 27.9. The fourth-order valence-electron chi connectivity index (χ4n) is 4.15. The average Bonchev–Trinajstić information content (AvgIpc) is 3.33. The van der Waals surface area contributed by atoms with Gasteiger partial charge < -0.3 is 19.5 Å². The number of hydrogen-bond acceptors (Lipinski definition) is 8. The predicted octanol–water partition coefficient (Wildman–Crippen LogP) is 7.42. The average molecular weight is 636 g/mol. The van der Waals surface area contributed by atoms with Crippen LogP contribution < -0.4 is 14.8 Å². The first-order valence-corrected chi connectivity index (χ1v) is 15.0. The Morgan fingerprint density at radius 1 is 1.21 bits per heavy atom. The van der Waals surface area contributed by atoms with Gasteiger partial charge in [0.2, 0.25) is 11.1 Å². The fraction of sp³-hybridized carbons (Fsp3) is 0.393. The highest BCUT2D eigenvalue weighted by Gasteiger charge is 2.36. The van der Waals surface area contributed by atoms with Gasteiger partial charge in [0.05, 0.1) is 30.4 Å². The van der Waals surface area contributed by atoms with Crippen molar-refractivity contribution >= 4 is 51.2 Å². The van der Waals surface area contributed by atoms with Crippen molar-refractivity contribution in [3.63, 3.8) is 0 Å². The van der Waals surface area contributed by atoms with Crippen LogP contribution in [-0.2, 0) is 15.3 Å². The zero-order valence-electron chi connectivity index (χ0n) is 22.4. The van der Waals surface area contributed by atoms with Gasteiger partial charge in [-0.3, -0.25) is 0 Å². The van der Waals surface area contributed by atoms with Crippen LogP contribution in [0.2, 0.25) is 5.02 Å². The van der Waals surface area contributed by atoms with E-state index in [1.54, 1.807) is 11.8 Å². The van der Waals surface area contributed by atoms with Crippen LogP contribution in [0.25, 0.3) is 0 Å². The van der Waals surface area contributed by atoms with Gasteiger partial charge in [-0.25, -0.2) is 9.48 Å². The second-order valence-corrected chi connectivity index (χ2v) is 11.2. The second kappa shape index (κ2) is 13.6. The maximum Gasteiger partial charge on any atom is 0.338 e. The van der Waals surface area contributed by atoms with E-state index >= 15 is 0 Å². The first-order chi connectivity index (χ1) is 18.9. The van der Waals surface area contributed by atoms with Crippen LogP contribution in [0, 0.1) is 0 Å². The first-order valence-electron chi connectivity index (χ1n) is 12.9. The number of unbranched alkanes of at least 4 members (excludes halogenated alkanes) is 1. The summed E-state index contributed by atoms with van der Waals surface area (Å²) in [7, 11) is 1.60. The number of aromatic nitrogens is 3. The number of ether oxygens (including phenoxy) is 3. The largest absolute Gasteiger partial charge is 0.493 e. The van der Waals surface area contributed by atoms with Crippen molar-refractivity contribution in [3.05, 3.63) is 68.3 Å². The number of carbonyl (C=O) groups excluding carboxylic acids is 1. The lowest BCUT2D eigenvalue weighted by molar-refractivity contribution is -0.139. The van der Waals surface area contributed by atoms with E-state index in [1.807, 2.05) is 50.2 Å². The minimum Gasteiger partial charge on any atom is -0.493 e. The lowest BCUT2D eigenvalue weighted by Gasteiger charge is -2.29. The third-order valence-electron chi connectivity index (χ3n) is 6.12. The normalized spacial score (nSPS) is 14.6. The van der Waals surface area contributed by atoms with E-state index in [9.17, 15) is 4.79 Å². The molecule has 1 aliphatic heterocycles. The lowest BCUT2D eigenvalue weighted by Crippen LogP contribution is -2.30. The SMILES string of the molecule is CCCCOC(=O)C1=C(C)Nc2nc(SCc3ccccc3Cl)nn2C1c1cc(Br)c(OCCC)c(OC)c1. The van der Waals surface area contributed by atoms with Crippen LogP contribution in [0.4, 0.5) is 5.95 Å². The molecule has 0 radical (unpaired) electrons. The second-order valence-electron chi connectivity index (χ2n) is 8.98. The van der Waals surface area contributed by atoms with Gasteiger partial charge in [-0.15, -0.1) is 5.10 Å². The molecular weight excluding hydrogens is 604 g/mol. The van der Waals surface area contributed by atoms with Gasteiger partial charge in [0, 0.05) is 16.5 Å².